The van der Waals surface area contributed by atoms with E-state index in [-0.39, 0.29) is 11.8 Å². The molecule has 0 saturated carbocycles. The van der Waals surface area contributed by atoms with Gasteiger partial charge in [0.1, 0.15) is 0 Å². The molecule has 3 rings (SSSR count). The van der Waals surface area contributed by atoms with Crippen LogP contribution in [0, 0.1) is 5.92 Å². The summed E-state index contributed by atoms with van der Waals surface area (Å²) in [5, 5.41) is 0. The van der Waals surface area contributed by atoms with Crippen LogP contribution in [0.3, 0.4) is 0 Å². The van der Waals surface area contributed by atoms with Gasteiger partial charge in [-0.05, 0) is 31.4 Å². The molecule has 0 radical (unpaired) electrons. The summed E-state index contributed by atoms with van der Waals surface area (Å²) in [4.78, 5) is 18.5. The lowest BCUT2D eigenvalue weighted by Crippen LogP contribution is -2.49. The predicted molar refractivity (Wildman–Crippen MR) is 77.6 cm³/mol. The molecule has 114 valence electrons. The second kappa shape index (κ2) is 6.12. The molecule has 3 heterocycles. The van der Waals surface area contributed by atoms with Crippen LogP contribution in [-0.2, 0) is 20.7 Å². The highest BCUT2D eigenvalue weighted by Crippen LogP contribution is 2.34. The van der Waals surface area contributed by atoms with Gasteiger partial charge in [-0.2, -0.15) is 0 Å². The van der Waals surface area contributed by atoms with Crippen LogP contribution in [0.2, 0.25) is 0 Å². The first-order valence-corrected chi connectivity index (χ1v) is 7.62. The fraction of sp³-hybridized carbons (Fsp3) is 0.625. The zero-order chi connectivity index (χ0) is 14.7. The van der Waals surface area contributed by atoms with E-state index < -0.39 is 5.79 Å². The lowest BCUT2D eigenvalue weighted by atomic mass is 9.90. The van der Waals surface area contributed by atoms with Crippen LogP contribution >= 0.6 is 0 Å². The Balaban J connectivity index is 1.61. The van der Waals surface area contributed by atoms with Gasteiger partial charge in [-0.25, -0.2) is 0 Å². The minimum absolute atomic E-state index is 0.161. The van der Waals surface area contributed by atoms with Gasteiger partial charge in [0.25, 0.3) is 0 Å². The largest absolute Gasteiger partial charge is 0.347 e. The quantitative estimate of drug-likeness (QED) is 0.849. The van der Waals surface area contributed by atoms with E-state index in [2.05, 4.69) is 4.98 Å². The molecule has 1 aromatic heterocycles. The van der Waals surface area contributed by atoms with Crippen molar-refractivity contribution in [2.75, 3.05) is 26.3 Å². The summed E-state index contributed by atoms with van der Waals surface area (Å²) in [7, 11) is 0. The summed E-state index contributed by atoms with van der Waals surface area (Å²) in [6.45, 7) is 4.84. The van der Waals surface area contributed by atoms with Gasteiger partial charge in [-0.3, -0.25) is 9.78 Å². The van der Waals surface area contributed by atoms with Gasteiger partial charge >= 0.3 is 0 Å². The Morgan fingerprint density at radius 3 is 3.00 bits per heavy atom. The Morgan fingerprint density at radius 1 is 1.48 bits per heavy atom. The second-order valence-electron chi connectivity index (χ2n) is 5.93. The lowest BCUT2D eigenvalue weighted by molar-refractivity contribution is -0.192. The number of ether oxygens (including phenoxy) is 2. The molecule has 2 aliphatic rings. The third-order valence-corrected chi connectivity index (χ3v) is 4.45. The van der Waals surface area contributed by atoms with Gasteiger partial charge in [0.05, 0.1) is 19.6 Å². The van der Waals surface area contributed by atoms with E-state index in [4.69, 9.17) is 9.47 Å². The van der Waals surface area contributed by atoms with Gasteiger partial charge in [0.15, 0.2) is 5.79 Å². The number of aromatic nitrogens is 1. The number of likely N-dealkylation sites (tertiary alicyclic amines) is 1. The zero-order valence-corrected chi connectivity index (χ0v) is 12.5. The van der Waals surface area contributed by atoms with Crippen molar-refractivity contribution in [2.45, 2.75) is 32.0 Å². The third kappa shape index (κ3) is 3.24. The first-order valence-electron chi connectivity index (χ1n) is 7.62. The van der Waals surface area contributed by atoms with E-state index in [0.29, 0.717) is 19.6 Å². The average molecular weight is 290 g/mol. The van der Waals surface area contributed by atoms with Crippen LogP contribution in [0.4, 0.5) is 0 Å². The summed E-state index contributed by atoms with van der Waals surface area (Å²) in [5.41, 5.74) is 0.962. The Labute approximate surface area is 125 Å². The lowest BCUT2D eigenvalue weighted by Gasteiger charge is -2.40. The highest BCUT2D eigenvalue weighted by Gasteiger charge is 2.42. The van der Waals surface area contributed by atoms with Gasteiger partial charge in [-0.1, -0.05) is 6.07 Å². The molecule has 0 N–H and O–H groups in total. The molecule has 0 unspecified atom stereocenters. The fourth-order valence-corrected chi connectivity index (χ4v) is 3.19. The van der Waals surface area contributed by atoms with Crippen molar-refractivity contribution in [2.24, 2.45) is 5.92 Å². The van der Waals surface area contributed by atoms with Crippen molar-refractivity contribution >= 4 is 5.91 Å². The molecular weight excluding hydrogens is 268 g/mol. The molecule has 5 heteroatoms. The Hall–Kier alpha value is -1.46. The summed E-state index contributed by atoms with van der Waals surface area (Å²) < 4.78 is 11.5. The SMILES string of the molecule is CC1([C@H]2CCCN(C(=O)Cc3cccnc3)C2)OCCO1. The molecule has 0 bridgehead atoms. The molecule has 0 aliphatic carbocycles. The molecule has 0 aromatic carbocycles. The van der Waals surface area contributed by atoms with E-state index in [0.717, 1.165) is 31.5 Å². The van der Waals surface area contributed by atoms with E-state index in [9.17, 15) is 4.79 Å². The first kappa shape index (κ1) is 14.5. The zero-order valence-electron chi connectivity index (χ0n) is 12.5. The number of hydrogen-bond donors (Lipinski definition) is 0. The van der Waals surface area contributed by atoms with Crippen molar-refractivity contribution < 1.29 is 14.3 Å². The minimum Gasteiger partial charge on any atom is -0.347 e. The van der Waals surface area contributed by atoms with Crippen molar-refractivity contribution in [1.29, 1.82) is 0 Å². The summed E-state index contributed by atoms with van der Waals surface area (Å²) >= 11 is 0. The van der Waals surface area contributed by atoms with Gasteiger partial charge in [0, 0.05) is 31.4 Å². The molecular formula is C16H22N2O3. The smallest absolute Gasteiger partial charge is 0.227 e. The van der Waals surface area contributed by atoms with Gasteiger partial charge in [-0.15, -0.1) is 0 Å². The number of piperidine rings is 1. The molecule has 1 atom stereocenters. The van der Waals surface area contributed by atoms with Gasteiger partial charge in [0.2, 0.25) is 5.91 Å². The van der Waals surface area contributed by atoms with E-state index in [1.807, 2.05) is 24.0 Å². The van der Waals surface area contributed by atoms with Crippen LogP contribution in [0.5, 0.6) is 0 Å². The number of carbonyl (C=O) groups is 1. The summed E-state index contributed by atoms with van der Waals surface area (Å²) in [5.74, 6) is -0.103. The number of nitrogens with zero attached hydrogens (tertiary/aromatic N) is 2. The first-order chi connectivity index (χ1) is 10.2. The molecule has 5 nitrogen and oxygen atoms in total. The van der Waals surface area contributed by atoms with Crippen molar-refractivity contribution in [3.05, 3.63) is 30.1 Å². The van der Waals surface area contributed by atoms with Crippen molar-refractivity contribution in [3.63, 3.8) is 0 Å². The summed E-state index contributed by atoms with van der Waals surface area (Å²) in [6.07, 6.45) is 5.95. The Morgan fingerprint density at radius 2 is 2.29 bits per heavy atom. The molecule has 0 spiro atoms. The number of rotatable bonds is 3. The number of pyridine rings is 1. The van der Waals surface area contributed by atoms with Crippen molar-refractivity contribution in [1.82, 2.24) is 9.88 Å². The monoisotopic (exact) mass is 290 g/mol. The predicted octanol–water partition coefficient (Wildman–Crippen LogP) is 1.63. The number of hydrogen-bond acceptors (Lipinski definition) is 4. The van der Waals surface area contributed by atoms with E-state index in [1.54, 1.807) is 12.4 Å². The normalized spacial score (nSPS) is 25.0. The Kier molecular flexibility index (Phi) is 4.22. The molecule has 2 fully saturated rings. The second-order valence-corrected chi connectivity index (χ2v) is 5.93. The molecule has 21 heavy (non-hydrogen) atoms. The maximum Gasteiger partial charge on any atom is 0.227 e. The van der Waals surface area contributed by atoms with Gasteiger partial charge < -0.3 is 14.4 Å². The maximum absolute atomic E-state index is 12.4. The fourth-order valence-electron chi connectivity index (χ4n) is 3.19. The van der Waals surface area contributed by atoms with Crippen LogP contribution in [0.1, 0.15) is 25.3 Å². The van der Waals surface area contributed by atoms with Crippen molar-refractivity contribution in [3.8, 4) is 0 Å². The highest BCUT2D eigenvalue weighted by atomic mass is 16.7. The molecule has 1 amide bonds. The minimum atomic E-state index is -0.521. The number of carbonyl (C=O) groups excluding carboxylic acids is 1. The van der Waals surface area contributed by atoms with Crippen LogP contribution in [-0.4, -0.2) is 47.9 Å². The van der Waals surface area contributed by atoms with Crippen LogP contribution in [0.15, 0.2) is 24.5 Å². The highest BCUT2D eigenvalue weighted by molar-refractivity contribution is 5.78. The van der Waals surface area contributed by atoms with E-state index >= 15 is 0 Å². The van der Waals surface area contributed by atoms with Crippen LogP contribution < -0.4 is 0 Å². The Bertz CT molecular complexity index is 486. The van der Waals surface area contributed by atoms with E-state index in [1.165, 1.54) is 0 Å². The third-order valence-electron chi connectivity index (χ3n) is 4.45. The molecule has 2 aliphatic heterocycles. The number of amides is 1. The standard InChI is InChI=1S/C16H22N2O3/c1-16(20-8-9-21-16)14-5-3-7-18(12-14)15(19)10-13-4-2-6-17-11-13/h2,4,6,11,14H,3,5,7-10,12H2,1H3/t14-/m0/s1. The molecule has 1 aromatic rings. The average Bonchev–Trinajstić information content (AvgIpc) is 2.97. The topological polar surface area (TPSA) is 51.7 Å². The molecule has 2 saturated heterocycles. The maximum atomic E-state index is 12.4. The van der Waals surface area contributed by atoms with Crippen LogP contribution in [0.25, 0.3) is 0 Å². The summed E-state index contributed by atoms with van der Waals surface area (Å²) in [6, 6.07) is 3.81.